The number of aromatic nitrogens is 4. The summed E-state index contributed by atoms with van der Waals surface area (Å²) in [7, 11) is 0. The fourth-order valence-electron chi connectivity index (χ4n) is 1.47. The molecule has 0 unspecified atom stereocenters. The number of thiazole rings is 1. The van der Waals surface area contributed by atoms with Crippen LogP contribution in [-0.2, 0) is 0 Å². The first-order valence-corrected chi connectivity index (χ1v) is 5.68. The van der Waals surface area contributed by atoms with E-state index in [1.807, 2.05) is 37.3 Å². The highest BCUT2D eigenvalue weighted by atomic mass is 32.1. The van der Waals surface area contributed by atoms with Gasteiger partial charge >= 0.3 is 0 Å². The Labute approximate surface area is 96.0 Å². The number of rotatable bonds is 1. The highest BCUT2D eigenvalue weighted by Gasteiger charge is 2.07. The van der Waals surface area contributed by atoms with Crippen LogP contribution in [0.4, 0.5) is 0 Å². The molecule has 2 aromatic heterocycles. The Kier molecular flexibility index (Phi) is 2.11. The molecule has 0 aliphatic heterocycles. The lowest BCUT2D eigenvalue weighted by atomic mass is 10.2. The second-order valence-corrected chi connectivity index (χ2v) is 4.54. The van der Waals surface area contributed by atoms with Gasteiger partial charge in [-0.1, -0.05) is 41.7 Å². The molecule has 2 heterocycles. The third kappa shape index (κ3) is 1.55. The molecule has 0 saturated carbocycles. The molecule has 0 aliphatic rings. The van der Waals surface area contributed by atoms with Gasteiger partial charge in [0.2, 0.25) is 0 Å². The fourth-order valence-corrected chi connectivity index (χ4v) is 2.14. The minimum Gasteiger partial charge on any atom is -0.220 e. The maximum Gasteiger partial charge on any atom is 0.193 e. The third-order valence-electron chi connectivity index (χ3n) is 2.18. The van der Waals surface area contributed by atoms with Gasteiger partial charge < -0.3 is 0 Å². The Morgan fingerprint density at radius 2 is 1.81 bits per heavy atom. The summed E-state index contributed by atoms with van der Waals surface area (Å²) >= 11 is 1.51. The van der Waals surface area contributed by atoms with Gasteiger partial charge in [0.05, 0.1) is 5.01 Å². The molecule has 3 aromatic rings. The van der Waals surface area contributed by atoms with E-state index in [0.29, 0.717) is 11.5 Å². The zero-order valence-electron chi connectivity index (χ0n) is 8.58. The van der Waals surface area contributed by atoms with Gasteiger partial charge in [-0.3, -0.25) is 0 Å². The van der Waals surface area contributed by atoms with E-state index in [1.54, 1.807) is 0 Å². The molecule has 0 saturated heterocycles. The van der Waals surface area contributed by atoms with Gasteiger partial charge in [0.25, 0.3) is 0 Å². The lowest BCUT2D eigenvalue weighted by molar-refractivity contribution is 1.03. The number of nitrogens with zero attached hydrogens (tertiary/aromatic N) is 4. The summed E-state index contributed by atoms with van der Waals surface area (Å²) in [5.41, 5.74) is 1.64. The third-order valence-corrected chi connectivity index (χ3v) is 3.02. The molecule has 0 spiro atoms. The summed E-state index contributed by atoms with van der Waals surface area (Å²) < 4.78 is 0. The molecule has 0 aliphatic carbocycles. The molecule has 0 N–H and O–H groups in total. The number of aryl methyl sites for hydroxylation is 1. The van der Waals surface area contributed by atoms with Crippen molar-refractivity contribution in [3.05, 3.63) is 35.3 Å². The van der Waals surface area contributed by atoms with Gasteiger partial charge in [-0.25, -0.2) is 9.97 Å². The van der Waals surface area contributed by atoms with Crippen molar-refractivity contribution in [2.24, 2.45) is 0 Å². The lowest BCUT2D eigenvalue weighted by Gasteiger charge is -1.96. The molecule has 3 rings (SSSR count). The minimum atomic E-state index is 0.624. The SMILES string of the molecule is Cc1nc2nc(-c3ccccc3)nnc2s1. The van der Waals surface area contributed by atoms with Crippen molar-refractivity contribution >= 4 is 21.8 Å². The largest absolute Gasteiger partial charge is 0.220 e. The van der Waals surface area contributed by atoms with Crippen LogP contribution in [0.5, 0.6) is 0 Å². The quantitative estimate of drug-likeness (QED) is 0.642. The van der Waals surface area contributed by atoms with Crippen LogP contribution in [0.1, 0.15) is 5.01 Å². The van der Waals surface area contributed by atoms with Crippen molar-refractivity contribution < 1.29 is 0 Å². The summed E-state index contributed by atoms with van der Waals surface area (Å²) in [6.45, 7) is 1.94. The molecule has 1 aromatic carbocycles. The van der Waals surface area contributed by atoms with Gasteiger partial charge in [-0.05, 0) is 6.92 Å². The Balaban J connectivity index is 2.18. The normalized spacial score (nSPS) is 10.8. The van der Waals surface area contributed by atoms with Crippen LogP contribution in [0.25, 0.3) is 21.9 Å². The summed E-state index contributed by atoms with van der Waals surface area (Å²) in [5, 5.41) is 9.18. The zero-order chi connectivity index (χ0) is 11.0. The van der Waals surface area contributed by atoms with Crippen molar-refractivity contribution in [3.63, 3.8) is 0 Å². The predicted molar refractivity (Wildman–Crippen MR) is 63.2 cm³/mol. The van der Waals surface area contributed by atoms with E-state index in [1.165, 1.54) is 11.3 Å². The first-order chi connectivity index (χ1) is 7.83. The average Bonchev–Trinajstić information content (AvgIpc) is 2.69. The Bertz CT molecular complexity index is 633. The van der Waals surface area contributed by atoms with Crippen molar-refractivity contribution in [3.8, 4) is 11.4 Å². The van der Waals surface area contributed by atoms with E-state index >= 15 is 0 Å². The van der Waals surface area contributed by atoms with E-state index in [2.05, 4.69) is 20.2 Å². The van der Waals surface area contributed by atoms with Crippen LogP contribution in [0.15, 0.2) is 30.3 Å². The highest BCUT2D eigenvalue weighted by molar-refractivity contribution is 7.18. The van der Waals surface area contributed by atoms with Crippen LogP contribution in [0.2, 0.25) is 0 Å². The van der Waals surface area contributed by atoms with E-state index in [-0.39, 0.29) is 0 Å². The van der Waals surface area contributed by atoms with Gasteiger partial charge in [0.15, 0.2) is 16.3 Å². The molecule has 5 heteroatoms. The Morgan fingerprint density at radius 1 is 1.00 bits per heavy atom. The predicted octanol–water partition coefficient (Wildman–Crippen LogP) is 2.46. The molecule has 78 valence electrons. The molecule has 0 atom stereocenters. The van der Waals surface area contributed by atoms with Crippen LogP contribution < -0.4 is 0 Å². The van der Waals surface area contributed by atoms with Crippen LogP contribution in [0.3, 0.4) is 0 Å². The van der Waals surface area contributed by atoms with Crippen molar-refractivity contribution in [1.29, 1.82) is 0 Å². The fraction of sp³-hybridized carbons (Fsp3) is 0.0909. The van der Waals surface area contributed by atoms with Crippen LogP contribution in [0, 0.1) is 6.92 Å². The molecular weight excluding hydrogens is 220 g/mol. The number of hydrogen-bond acceptors (Lipinski definition) is 5. The zero-order valence-corrected chi connectivity index (χ0v) is 9.40. The molecular formula is C11H8N4S. The second-order valence-electron chi connectivity index (χ2n) is 3.36. The Morgan fingerprint density at radius 3 is 2.62 bits per heavy atom. The first-order valence-electron chi connectivity index (χ1n) is 4.86. The Hall–Kier alpha value is -1.88. The van der Waals surface area contributed by atoms with Gasteiger partial charge in [-0.15, -0.1) is 10.2 Å². The molecule has 0 radical (unpaired) electrons. The number of hydrogen-bond donors (Lipinski definition) is 0. The summed E-state index contributed by atoms with van der Waals surface area (Å²) in [6.07, 6.45) is 0. The van der Waals surface area contributed by atoms with Crippen LogP contribution >= 0.6 is 11.3 Å². The maximum atomic E-state index is 4.39. The lowest BCUT2D eigenvalue weighted by Crippen LogP contribution is -1.92. The van der Waals surface area contributed by atoms with E-state index in [9.17, 15) is 0 Å². The van der Waals surface area contributed by atoms with Gasteiger partial charge in [0.1, 0.15) is 0 Å². The average molecular weight is 228 g/mol. The molecule has 0 amide bonds. The first kappa shape index (κ1) is 9.35. The van der Waals surface area contributed by atoms with Crippen LogP contribution in [-0.4, -0.2) is 20.2 Å². The monoisotopic (exact) mass is 228 g/mol. The molecule has 0 bridgehead atoms. The van der Waals surface area contributed by atoms with E-state index < -0.39 is 0 Å². The van der Waals surface area contributed by atoms with Gasteiger partial charge in [-0.2, -0.15) is 0 Å². The van der Waals surface area contributed by atoms with Crippen molar-refractivity contribution in [2.45, 2.75) is 6.92 Å². The number of benzene rings is 1. The molecule has 16 heavy (non-hydrogen) atoms. The van der Waals surface area contributed by atoms with Gasteiger partial charge in [0, 0.05) is 5.56 Å². The summed E-state index contributed by atoms with van der Waals surface area (Å²) in [4.78, 5) is 9.49. The minimum absolute atomic E-state index is 0.624. The highest BCUT2D eigenvalue weighted by Crippen LogP contribution is 2.19. The molecule has 4 nitrogen and oxygen atoms in total. The van der Waals surface area contributed by atoms with Crippen molar-refractivity contribution in [2.75, 3.05) is 0 Å². The summed E-state index contributed by atoms with van der Waals surface area (Å²) in [6, 6.07) is 9.79. The maximum absolute atomic E-state index is 4.39. The second kappa shape index (κ2) is 3.61. The van der Waals surface area contributed by atoms with Crippen molar-refractivity contribution in [1.82, 2.24) is 20.2 Å². The molecule has 0 fully saturated rings. The smallest absolute Gasteiger partial charge is 0.193 e. The van der Waals surface area contributed by atoms with E-state index in [0.717, 1.165) is 15.4 Å². The number of fused-ring (bicyclic) bond motifs is 1. The topological polar surface area (TPSA) is 51.6 Å². The van der Waals surface area contributed by atoms with E-state index in [4.69, 9.17) is 0 Å². The summed E-state index contributed by atoms with van der Waals surface area (Å²) in [5.74, 6) is 0.624. The standard InChI is InChI=1S/C11H8N4S/c1-7-12-10-11(16-7)15-14-9(13-10)8-5-3-2-4-6-8/h2-6H,1H3.